The van der Waals surface area contributed by atoms with Crippen molar-refractivity contribution < 1.29 is 13.2 Å². The van der Waals surface area contributed by atoms with Gasteiger partial charge in [0.1, 0.15) is 0 Å². The van der Waals surface area contributed by atoms with Gasteiger partial charge in [-0.15, -0.1) is 0 Å². The molecule has 1 amide bonds. The molecule has 0 aromatic heterocycles. The summed E-state index contributed by atoms with van der Waals surface area (Å²) in [4.78, 5) is 13.6. The van der Waals surface area contributed by atoms with Crippen molar-refractivity contribution in [3.8, 4) is 0 Å². The van der Waals surface area contributed by atoms with Crippen molar-refractivity contribution in [2.75, 3.05) is 18.6 Å². The Labute approximate surface area is 103 Å². The third kappa shape index (κ3) is 3.42. The van der Waals surface area contributed by atoms with Crippen molar-refractivity contribution in [2.24, 2.45) is 11.7 Å². The first kappa shape index (κ1) is 14.4. The topological polar surface area (TPSA) is 80.5 Å². The molecule has 0 aromatic rings. The van der Waals surface area contributed by atoms with E-state index in [1.807, 2.05) is 13.8 Å². The lowest BCUT2D eigenvalue weighted by molar-refractivity contribution is -0.134. The number of carbonyl (C=O) groups is 1. The highest BCUT2D eigenvalue weighted by Crippen LogP contribution is 2.18. The standard InChI is InChI=1S/C11H22N2O3S/c1-4-8(2)10(12)11(14)13(3)9-5-6-17(15,16)7-9/h8-10H,4-7,12H2,1-3H3/t8?,9?,10-/m0/s1. The number of hydrogen-bond donors (Lipinski definition) is 1. The van der Waals surface area contributed by atoms with Gasteiger partial charge in [-0.2, -0.15) is 0 Å². The van der Waals surface area contributed by atoms with Gasteiger partial charge in [0.15, 0.2) is 9.84 Å². The highest BCUT2D eigenvalue weighted by atomic mass is 32.2. The fourth-order valence-corrected chi connectivity index (χ4v) is 3.77. The summed E-state index contributed by atoms with van der Waals surface area (Å²) in [7, 11) is -1.31. The first-order chi connectivity index (χ1) is 7.78. The van der Waals surface area contributed by atoms with Crippen LogP contribution in [0.3, 0.4) is 0 Å². The van der Waals surface area contributed by atoms with Crippen molar-refractivity contribution in [3.63, 3.8) is 0 Å². The summed E-state index contributed by atoms with van der Waals surface area (Å²) in [6.45, 7) is 3.92. The predicted molar refractivity (Wildman–Crippen MR) is 67.3 cm³/mol. The van der Waals surface area contributed by atoms with E-state index in [1.54, 1.807) is 7.05 Å². The average Bonchev–Trinajstić information content (AvgIpc) is 2.65. The highest BCUT2D eigenvalue weighted by Gasteiger charge is 2.34. The molecule has 1 saturated heterocycles. The van der Waals surface area contributed by atoms with Crippen LogP contribution in [0.1, 0.15) is 26.7 Å². The van der Waals surface area contributed by atoms with E-state index in [0.717, 1.165) is 6.42 Å². The summed E-state index contributed by atoms with van der Waals surface area (Å²) in [5.41, 5.74) is 5.87. The number of sulfone groups is 1. The maximum atomic E-state index is 12.0. The molecule has 2 unspecified atom stereocenters. The zero-order valence-corrected chi connectivity index (χ0v) is 11.5. The predicted octanol–water partition coefficient (Wildman–Crippen LogP) is 0.00530. The van der Waals surface area contributed by atoms with Gasteiger partial charge in [0, 0.05) is 13.1 Å². The molecule has 0 aliphatic carbocycles. The summed E-state index contributed by atoms with van der Waals surface area (Å²) in [5.74, 6) is 0.209. The number of rotatable bonds is 4. The van der Waals surface area contributed by atoms with Gasteiger partial charge in [0.05, 0.1) is 17.5 Å². The summed E-state index contributed by atoms with van der Waals surface area (Å²) in [6.07, 6.45) is 1.36. The molecule has 17 heavy (non-hydrogen) atoms. The van der Waals surface area contributed by atoms with Crippen LogP contribution < -0.4 is 5.73 Å². The SMILES string of the molecule is CCC(C)[C@H](N)C(=O)N(C)C1CCS(=O)(=O)C1. The Bertz CT molecular complexity index is 380. The Morgan fingerprint density at radius 2 is 2.12 bits per heavy atom. The number of nitrogens with two attached hydrogens (primary N) is 1. The van der Waals surface area contributed by atoms with E-state index in [9.17, 15) is 13.2 Å². The lowest BCUT2D eigenvalue weighted by Gasteiger charge is -2.28. The molecule has 2 N–H and O–H groups in total. The number of nitrogens with zero attached hydrogens (tertiary/aromatic N) is 1. The normalized spacial score (nSPS) is 26.5. The average molecular weight is 262 g/mol. The third-order valence-electron chi connectivity index (χ3n) is 3.65. The summed E-state index contributed by atoms with van der Waals surface area (Å²) < 4.78 is 22.7. The van der Waals surface area contributed by atoms with E-state index in [-0.39, 0.29) is 29.4 Å². The lowest BCUT2D eigenvalue weighted by Crippen LogP contribution is -2.49. The van der Waals surface area contributed by atoms with Gasteiger partial charge >= 0.3 is 0 Å². The lowest BCUT2D eigenvalue weighted by atomic mass is 9.98. The van der Waals surface area contributed by atoms with Gasteiger partial charge in [-0.25, -0.2) is 8.42 Å². The smallest absolute Gasteiger partial charge is 0.239 e. The molecule has 0 saturated carbocycles. The van der Waals surface area contributed by atoms with Crippen LogP contribution in [0.25, 0.3) is 0 Å². The van der Waals surface area contributed by atoms with Crippen LogP contribution in [0.15, 0.2) is 0 Å². The van der Waals surface area contributed by atoms with E-state index >= 15 is 0 Å². The Morgan fingerprint density at radius 1 is 1.53 bits per heavy atom. The number of hydrogen-bond acceptors (Lipinski definition) is 4. The zero-order valence-electron chi connectivity index (χ0n) is 10.7. The summed E-state index contributed by atoms with van der Waals surface area (Å²) >= 11 is 0. The molecule has 6 heteroatoms. The summed E-state index contributed by atoms with van der Waals surface area (Å²) in [5, 5.41) is 0. The second-order valence-electron chi connectivity index (χ2n) is 4.92. The monoisotopic (exact) mass is 262 g/mol. The van der Waals surface area contributed by atoms with Crippen LogP contribution in [-0.4, -0.2) is 49.9 Å². The van der Waals surface area contributed by atoms with Crippen molar-refractivity contribution in [1.82, 2.24) is 4.90 Å². The molecule has 0 spiro atoms. The minimum Gasteiger partial charge on any atom is -0.340 e. The third-order valence-corrected chi connectivity index (χ3v) is 5.40. The highest BCUT2D eigenvalue weighted by molar-refractivity contribution is 7.91. The van der Waals surface area contributed by atoms with Gasteiger partial charge in [0.25, 0.3) is 0 Å². The first-order valence-corrected chi connectivity index (χ1v) is 7.83. The second-order valence-corrected chi connectivity index (χ2v) is 7.15. The maximum Gasteiger partial charge on any atom is 0.239 e. The quantitative estimate of drug-likeness (QED) is 0.773. The molecule has 0 radical (unpaired) electrons. The molecule has 3 atom stereocenters. The minimum atomic E-state index is -2.96. The van der Waals surface area contributed by atoms with Crippen LogP contribution >= 0.6 is 0 Å². The molecule has 1 heterocycles. The molecule has 1 fully saturated rings. The van der Waals surface area contributed by atoms with E-state index in [1.165, 1.54) is 4.90 Å². The van der Waals surface area contributed by atoms with Gasteiger partial charge in [-0.3, -0.25) is 4.79 Å². The van der Waals surface area contributed by atoms with E-state index in [0.29, 0.717) is 6.42 Å². The molecular weight excluding hydrogens is 240 g/mol. The van der Waals surface area contributed by atoms with Gasteiger partial charge in [0.2, 0.25) is 5.91 Å². The molecule has 100 valence electrons. The molecule has 0 aromatic carbocycles. The van der Waals surface area contributed by atoms with Crippen LogP contribution in [0.5, 0.6) is 0 Å². The Hall–Kier alpha value is -0.620. The van der Waals surface area contributed by atoms with Crippen LogP contribution in [0.2, 0.25) is 0 Å². The number of carbonyl (C=O) groups excluding carboxylic acids is 1. The zero-order chi connectivity index (χ0) is 13.2. The Balaban J connectivity index is 2.65. The Morgan fingerprint density at radius 3 is 2.53 bits per heavy atom. The van der Waals surface area contributed by atoms with Crippen LogP contribution in [0.4, 0.5) is 0 Å². The second kappa shape index (κ2) is 5.35. The largest absolute Gasteiger partial charge is 0.340 e. The van der Waals surface area contributed by atoms with E-state index in [4.69, 9.17) is 5.73 Å². The number of amides is 1. The molecule has 0 bridgehead atoms. The molecule has 5 nitrogen and oxygen atoms in total. The van der Waals surface area contributed by atoms with Crippen LogP contribution in [-0.2, 0) is 14.6 Å². The maximum absolute atomic E-state index is 12.0. The van der Waals surface area contributed by atoms with Gasteiger partial charge < -0.3 is 10.6 Å². The molecule has 1 rings (SSSR count). The van der Waals surface area contributed by atoms with Crippen molar-refractivity contribution in [1.29, 1.82) is 0 Å². The fraction of sp³-hybridized carbons (Fsp3) is 0.909. The molecular formula is C11H22N2O3S. The Kier molecular flexibility index (Phi) is 4.55. The van der Waals surface area contributed by atoms with E-state index in [2.05, 4.69) is 0 Å². The van der Waals surface area contributed by atoms with E-state index < -0.39 is 15.9 Å². The van der Waals surface area contributed by atoms with Crippen molar-refractivity contribution in [2.45, 2.75) is 38.8 Å². The minimum absolute atomic E-state index is 0.0719. The fourth-order valence-electron chi connectivity index (χ4n) is 1.99. The molecule has 1 aliphatic heterocycles. The summed E-state index contributed by atoms with van der Waals surface area (Å²) in [6, 6.07) is -0.740. The van der Waals surface area contributed by atoms with Gasteiger partial charge in [-0.1, -0.05) is 20.3 Å². The number of likely N-dealkylation sites (N-methyl/N-ethyl adjacent to an activating group) is 1. The van der Waals surface area contributed by atoms with Crippen molar-refractivity contribution >= 4 is 15.7 Å². The van der Waals surface area contributed by atoms with Gasteiger partial charge in [-0.05, 0) is 12.3 Å². The first-order valence-electron chi connectivity index (χ1n) is 6.01. The van der Waals surface area contributed by atoms with Crippen LogP contribution in [0, 0.1) is 5.92 Å². The molecule has 1 aliphatic rings. The van der Waals surface area contributed by atoms with Crippen molar-refractivity contribution in [3.05, 3.63) is 0 Å².